The van der Waals surface area contributed by atoms with E-state index >= 15 is 0 Å². The van der Waals surface area contributed by atoms with Crippen LogP contribution >= 0.6 is 11.6 Å². The smallest absolute Gasteiger partial charge is 0.181 e. The lowest BCUT2D eigenvalue weighted by atomic mass is 10.1. The van der Waals surface area contributed by atoms with Crippen molar-refractivity contribution >= 4 is 34.0 Å². The number of morpholine rings is 1. The molecule has 0 amide bonds. The fourth-order valence-electron chi connectivity index (χ4n) is 3.45. The molecule has 1 aromatic carbocycles. The van der Waals surface area contributed by atoms with Crippen molar-refractivity contribution in [3.8, 4) is 11.3 Å². The van der Waals surface area contributed by atoms with Crippen molar-refractivity contribution in [2.24, 2.45) is 0 Å². The normalized spacial score (nSPS) is 15.2. The summed E-state index contributed by atoms with van der Waals surface area (Å²) in [6, 6.07) is 5.99. The third-order valence-corrected chi connectivity index (χ3v) is 5.06. The van der Waals surface area contributed by atoms with Crippen LogP contribution in [0.2, 0.25) is 5.15 Å². The van der Waals surface area contributed by atoms with Crippen molar-refractivity contribution in [3.05, 3.63) is 41.4 Å². The number of halogens is 1. The van der Waals surface area contributed by atoms with E-state index < -0.39 is 0 Å². The van der Waals surface area contributed by atoms with E-state index in [9.17, 15) is 0 Å². The molecule has 5 rings (SSSR count). The van der Waals surface area contributed by atoms with Crippen LogP contribution in [0.3, 0.4) is 0 Å². The number of nitrogens with one attached hydrogen (secondary N) is 1. The predicted octanol–water partition coefficient (Wildman–Crippen LogP) is 3.07. The van der Waals surface area contributed by atoms with Crippen LogP contribution in [0.25, 0.3) is 27.8 Å². The number of benzene rings is 1. The van der Waals surface area contributed by atoms with E-state index in [1.807, 2.05) is 35.7 Å². The number of hydrogen-bond donors (Lipinski definition) is 1. The third kappa shape index (κ3) is 2.35. The average Bonchev–Trinajstić information content (AvgIpc) is 3.29. The number of nitrogens with zero attached hydrogens (tertiary/aromatic N) is 5. The Kier molecular flexibility index (Phi) is 3.58. The molecule has 8 heteroatoms. The van der Waals surface area contributed by atoms with Crippen LogP contribution in [0.15, 0.2) is 30.6 Å². The molecule has 26 heavy (non-hydrogen) atoms. The lowest BCUT2D eigenvalue weighted by Crippen LogP contribution is -2.37. The number of aromatic nitrogens is 5. The first-order chi connectivity index (χ1) is 12.7. The average molecular weight is 369 g/mol. The molecule has 132 valence electrons. The zero-order valence-corrected chi connectivity index (χ0v) is 15.0. The summed E-state index contributed by atoms with van der Waals surface area (Å²) in [4.78, 5) is 11.8. The van der Waals surface area contributed by atoms with Gasteiger partial charge in [-0.3, -0.25) is 9.50 Å². The Morgan fingerprint density at radius 1 is 1.19 bits per heavy atom. The molecule has 1 fully saturated rings. The number of aryl methyl sites for hydroxylation is 1. The molecule has 0 radical (unpaired) electrons. The first kappa shape index (κ1) is 15.6. The van der Waals surface area contributed by atoms with Crippen LogP contribution in [-0.2, 0) is 4.74 Å². The van der Waals surface area contributed by atoms with E-state index in [0.29, 0.717) is 18.4 Å². The number of anilines is 1. The number of ether oxygens (including phenoxy) is 1. The van der Waals surface area contributed by atoms with Crippen LogP contribution in [0, 0.1) is 6.92 Å². The van der Waals surface area contributed by atoms with Gasteiger partial charge in [-0.05, 0) is 13.0 Å². The van der Waals surface area contributed by atoms with Gasteiger partial charge in [0.15, 0.2) is 11.5 Å². The van der Waals surface area contributed by atoms with Crippen LogP contribution < -0.4 is 4.90 Å². The van der Waals surface area contributed by atoms with E-state index in [2.05, 4.69) is 20.1 Å². The van der Waals surface area contributed by atoms with E-state index in [1.165, 1.54) is 0 Å². The van der Waals surface area contributed by atoms with Gasteiger partial charge in [0.1, 0.15) is 10.8 Å². The maximum absolute atomic E-state index is 6.75. The van der Waals surface area contributed by atoms with Gasteiger partial charge in [-0.25, -0.2) is 9.97 Å². The standard InChI is InChI=1S/C18H17ClN6O/c1-11-10-25-16(19)15(12-3-2-4-14-13(12)9-20-23-14)22-17(18(25)21-11)24-5-7-26-8-6-24/h2-4,9-10H,5-8H2,1H3,(H,20,23). The second-order valence-electron chi connectivity index (χ2n) is 6.39. The van der Waals surface area contributed by atoms with Gasteiger partial charge in [-0.1, -0.05) is 23.7 Å². The Labute approximate surface area is 154 Å². The first-order valence-electron chi connectivity index (χ1n) is 8.53. The summed E-state index contributed by atoms with van der Waals surface area (Å²) in [6.07, 6.45) is 3.75. The molecule has 1 aliphatic heterocycles. The molecule has 4 aromatic rings. The van der Waals surface area contributed by atoms with Crippen LogP contribution in [0.1, 0.15) is 5.69 Å². The van der Waals surface area contributed by atoms with E-state index in [0.717, 1.165) is 52.4 Å². The molecule has 0 unspecified atom stereocenters. The quantitative estimate of drug-likeness (QED) is 0.588. The van der Waals surface area contributed by atoms with Gasteiger partial charge in [-0.15, -0.1) is 0 Å². The second kappa shape index (κ2) is 5.96. The minimum Gasteiger partial charge on any atom is -0.378 e. The number of fused-ring (bicyclic) bond motifs is 2. The molecule has 0 atom stereocenters. The maximum atomic E-state index is 6.75. The number of aromatic amines is 1. The van der Waals surface area contributed by atoms with Crippen molar-refractivity contribution in [2.45, 2.75) is 6.92 Å². The van der Waals surface area contributed by atoms with E-state index in [1.54, 1.807) is 6.20 Å². The lowest BCUT2D eigenvalue weighted by Gasteiger charge is -2.28. The summed E-state index contributed by atoms with van der Waals surface area (Å²) < 4.78 is 7.41. The minimum atomic E-state index is 0.548. The van der Waals surface area contributed by atoms with E-state index in [4.69, 9.17) is 21.3 Å². The molecular weight excluding hydrogens is 352 g/mol. The van der Waals surface area contributed by atoms with Crippen molar-refractivity contribution in [1.29, 1.82) is 0 Å². The van der Waals surface area contributed by atoms with Crippen LogP contribution in [-0.4, -0.2) is 50.9 Å². The molecule has 0 bridgehead atoms. The molecule has 3 aromatic heterocycles. The Balaban J connectivity index is 1.80. The fraction of sp³-hybridized carbons (Fsp3) is 0.278. The number of imidazole rings is 1. The molecule has 7 nitrogen and oxygen atoms in total. The van der Waals surface area contributed by atoms with Gasteiger partial charge < -0.3 is 9.64 Å². The Morgan fingerprint density at radius 3 is 2.88 bits per heavy atom. The highest BCUT2D eigenvalue weighted by Gasteiger charge is 2.22. The van der Waals surface area contributed by atoms with Crippen LogP contribution in [0.5, 0.6) is 0 Å². The molecule has 1 N–H and O–H groups in total. The first-order valence-corrected chi connectivity index (χ1v) is 8.90. The fourth-order valence-corrected chi connectivity index (χ4v) is 3.73. The topological polar surface area (TPSA) is 71.3 Å². The van der Waals surface area contributed by atoms with Crippen LogP contribution in [0.4, 0.5) is 5.82 Å². The minimum absolute atomic E-state index is 0.548. The zero-order valence-electron chi connectivity index (χ0n) is 14.2. The van der Waals surface area contributed by atoms with Crippen molar-refractivity contribution in [1.82, 2.24) is 24.6 Å². The number of H-pyrrole nitrogens is 1. The maximum Gasteiger partial charge on any atom is 0.181 e. The summed E-state index contributed by atoms with van der Waals surface area (Å²) in [5.74, 6) is 0.835. The highest BCUT2D eigenvalue weighted by Crippen LogP contribution is 2.35. The summed E-state index contributed by atoms with van der Waals surface area (Å²) in [5, 5.41) is 8.69. The van der Waals surface area contributed by atoms with Gasteiger partial charge >= 0.3 is 0 Å². The summed E-state index contributed by atoms with van der Waals surface area (Å²) >= 11 is 6.75. The van der Waals surface area contributed by atoms with Crippen molar-refractivity contribution in [2.75, 3.05) is 31.2 Å². The van der Waals surface area contributed by atoms with Crippen molar-refractivity contribution in [3.63, 3.8) is 0 Å². The lowest BCUT2D eigenvalue weighted by molar-refractivity contribution is 0.122. The molecule has 0 spiro atoms. The van der Waals surface area contributed by atoms with Gasteiger partial charge in [0.2, 0.25) is 0 Å². The van der Waals surface area contributed by atoms with Gasteiger partial charge in [0.05, 0.1) is 30.6 Å². The highest BCUT2D eigenvalue weighted by molar-refractivity contribution is 6.32. The summed E-state index contributed by atoms with van der Waals surface area (Å²) in [6.45, 7) is 4.89. The Bertz CT molecular complexity index is 1110. The zero-order chi connectivity index (χ0) is 17.7. The highest BCUT2D eigenvalue weighted by atomic mass is 35.5. The largest absolute Gasteiger partial charge is 0.378 e. The summed E-state index contributed by atoms with van der Waals surface area (Å²) in [7, 11) is 0. The summed E-state index contributed by atoms with van der Waals surface area (Å²) in [5.41, 5.74) is 4.31. The van der Waals surface area contributed by atoms with Gasteiger partial charge in [0, 0.05) is 30.2 Å². The van der Waals surface area contributed by atoms with E-state index in [-0.39, 0.29) is 0 Å². The predicted molar refractivity (Wildman–Crippen MR) is 101 cm³/mol. The molecule has 1 aliphatic rings. The molecular formula is C18H17ClN6O. The molecule has 0 saturated carbocycles. The second-order valence-corrected chi connectivity index (χ2v) is 6.74. The Hall–Kier alpha value is -2.64. The van der Waals surface area contributed by atoms with Crippen molar-refractivity contribution < 1.29 is 4.74 Å². The number of rotatable bonds is 2. The van der Waals surface area contributed by atoms with Gasteiger partial charge in [0.25, 0.3) is 0 Å². The monoisotopic (exact) mass is 368 g/mol. The Morgan fingerprint density at radius 2 is 2.04 bits per heavy atom. The third-order valence-electron chi connectivity index (χ3n) is 4.70. The molecule has 1 saturated heterocycles. The van der Waals surface area contributed by atoms with Gasteiger partial charge in [-0.2, -0.15) is 5.10 Å². The molecule has 0 aliphatic carbocycles. The molecule has 4 heterocycles. The SMILES string of the molecule is Cc1cn2c(Cl)c(-c3cccc4[nH]ncc34)nc(N3CCOCC3)c2n1. The number of hydrogen-bond acceptors (Lipinski definition) is 5.